The molecule has 3 rings (SSSR count). The van der Waals surface area contributed by atoms with Crippen LogP contribution in [0, 0.1) is 0 Å². The highest BCUT2D eigenvalue weighted by molar-refractivity contribution is 7.90. The van der Waals surface area contributed by atoms with Gasteiger partial charge in [-0.25, -0.2) is 0 Å². The van der Waals surface area contributed by atoms with Crippen molar-refractivity contribution in [3.05, 3.63) is 77.0 Å². The molecule has 0 aliphatic carbocycles. The monoisotopic (exact) mass is 417 g/mol. The number of halogens is 1. The molecule has 3 aromatic rings. The normalized spacial score (nSPS) is 12.8. The SMILES string of the molecule is CC(C)(C)c1cc(NC(=NS(=O)(=O)c2ccccc2)c2ccc(Cl)cc2)no1. The molecule has 6 nitrogen and oxygen atoms in total. The van der Waals surface area contributed by atoms with Crippen LogP contribution >= 0.6 is 11.6 Å². The van der Waals surface area contributed by atoms with Gasteiger partial charge in [0.2, 0.25) is 0 Å². The molecule has 0 amide bonds. The summed E-state index contributed by atoms with van der Waals surface area (Å²) < 4.78 is 34.8. The largest absolute Gasteiger partial charge is 0.359 e. The van der Waals surface area contributed by atoms with Crippen molar-refractivity contribution in [1.82, 2.24) is 5.16 Å². The fourth-order valence-corrected chi connectivity index (χ4v) is 3.45. The Balaban J connectivity index is 2.03. The highest BCUT2D eigenvalue weighted by Gasteiger charge is 2.21. The van der Waals surface area contributed by atoms with Gasteiger partial charge in [0.1, 0.15) is 5.76 Å². The van der Waals surface area contributed by atoms with Crippen molar-refractivity contribution in [3.8, 4) is 0 Å². The molecule has 0 radical (unpaired) electrons. The van der Waals surface area contributed by atoms with Crippen LogP contribution in [0.15, 0.2) is 74.5 Å². The molecular weight excluding hydrogens is 398 g/mol. The Hall–Kier alpha value is -2.64. The van der Waals surface area contributed by atoms with E-state index in [0.717, 1.165) is 0 Å². The van der Waals surface area contributed by atoms with Crippen LogP contribution in [0.4, 0.5) is 5.82 Å². The lowest BCUT2D eigenvalue weighted by Crippen LogP contribution is -2.16. The zero-order chi connectivity index (χ0) is 20.4. The molecule has 1 heterocycles. The van der Waals surface area contributed by atoms with Crippen molar-refractivity contribution in [1.29, 1.82) is 0 Å². The van der Waals surface area contributed by atoms with E-state index in [1.54, 1.807) is 48.5 Å². The lowest BCUT2D eigenvalue weighted by molar-refractivity contribution is 0.331. The maximum absolute atomic E-state index is 12.7. The third-order valence-corrected chi connectivity index (χ3v) is 5.41. The zero-order valence-electron chi connectivity index (χ0n) is 15.7. The summed E-state index contributed by atoms with van der Waals surface area (Å²) in [5.41, 5.74) is 0.310. The van der Waals surface area contributed by atoms with Crippen LogP contribution in [-0.4, -0.2) is 19.4 Å². The summed E-state index contributed by atoms with van der Waals surface area (Å²) in [6.07, 6.45) is 0. The molecule has 0 fully saturated rings. The first kappa shape index (κ1) is 20.1. The van der Waals surface area contributed by atoms with E-state index in [-0.39, 0.29) is 16.1 Å². The number of hydrogen-bond donors (Lipinski definition) is 1. The quantitative estimate of drug-likeness (QED) is 0.483. The van der Waals surface area contributed by atoms with E-state index in [0.29, 0.717) is 22.2 Å². The number of aromatic nitrogens is 1. The maximum atomic E-state index is 12.7. The predicted octanol–water partition coefficient (Wildman–Crippen LogP) is 4.87. The van der Waals surface area contributed by atoms with Gasteiger partial charge in [0.05, 0.1) is 4.90 Å². The summed E-state index contributed by atoms with van der Waals surface area (Å²) in [5.74, 6) is 1.15. The third kappa shape index (κ3) is 4.79. The number of benzene rings is 2. The molecule has 0 bridgehead atoms. The first-order valence-corrected chi connectivity index (χ1v) is 10.4. The van der Waals surface area contributed by atoms with Crippen LogP contribution in [-0.2, 0) is 15.4 Å². The Morgan fingerprint density at radius 2 is 1.71 bits per heavy atom. The topological polar surface area (TPSA) is 84.6 Å². The molecule has 8 heteroatoms. The minimum absolute atomic E-state index is 0.0961. The van der Waals surface area contributed by atoms with Crippen molar-refractivity contribution in [2.75, 3.05) is 5.32 Å². The van der Waals surface area contributed by atoms with Gasteiger partial charge in [-0.1, -0.05) is 55.7 Å². The second kappa shape index (κ2) is 7.77. The van der Waals surface area contributed by atoms with Gasteiger partial charge in [-0.15, -0.1) is 4.40 Å². The van der Waals surface area contributed by atoms with E-state index >= 15 is 0 Å². The molecule has 0 spiro atoms. The Kier molecular flexibility index (Phi) is 5.58. The molecule has 28 heavy (non-hydrogen) atoms. The molecule has 1 aromatic heterocycles. The van der Waals surface area contributed by atoms with Crippen molar-refractivity contribution in [3.63, 3.8) is 0 Å². The summed E-state index contributed by atoms with van der Waals surface area (Å²) in [4.78, 5) is 0.0961. The van der Waals surface area contributed by atoms with Gasteiger partial charge in [0.15, 0.2) is 11.7 Å². The van der Waals surface area contributed by atoms with E-state index in [9.17, 15) is 8.42 Å². The molecule has 0 saturated heterocycles. The molecule has 0 atom stereocenters. The first-order valence-electron chi connectivity index (χ1n) is 8.55. The lowest BCUT2D eigenvalue weighted by Gasteiger charge is -2.12. The number of anilines is 1. The fraction of sp³-hybridized carbons (Fsp3) is 0.200. The molecule has 0 saturated carbocycles. The van der Waals surface area contributed by atoms with Crippen molar-refractivity contribution < 1.29 is 12.9 Å². The minimum atomic E-state index is -3.93. The fourth-order valence-electron chi connectivity index (χ4n) is 2.33. The van der Waals surface area contributed by atoms with Gasteiger partial charge in [0.25, 0.3) is 10.0 Å². The number of hydrogen-bond acceptors (Lipinski definition) is 4. The van der Waals surface area contributed by atoms with Crippen molar-refractivity contribution >= 4 is 33.3 Å². The van der Waals surface area contributed by atoms with Crippen molar-refractivity contribution in [2.45, 2.75) is 31.1 Å². The van der Waals surface area contributed by atoms with Gasteiger partial charge in [-0.05, 0) is 36.4 Å². The van der Waals surface area contributed by atoms with Gasteiger partial charge < -0.3 is 9.84 Å². The standard InChI is InChI=1S/C20H20ClN3O3S/c1-20(2,3)17-13-18(23-27-17)22-19(14-9-11-15(21)12-10-14)24-28(25,26)16-7-5-4-6-8-16/h4-13H,1-3H3,(H,22,23,24). The summed E-state index contributed by atoms with van der Waals surface area (Å²) in [6, 6.07) is 16.4. The van der Waals surface area contributed by atoms with E-state index in [1.807, 2.05) is 20.8 Å². The third-order valence-electron chi connectivity index (χ3n) is 3.87. The van der Waals surface area contributed by atoms with Crippen LogP contribution < -0.4 is 5.32 Å². The average molecular weight is 418 g/mol. The number of amidine groups is 1. The summed E-state index contributed by atoms with van der Waals surface area (Å²) >= 11 is 5.95. The molecule has 146 valence electrons. The summed E-state index contributed by atoms with van der Waals surface area (Å²) in [6.45, 7) is 5.97. The van der Waals surface area contributed by atoms with E-state index in [2.05, 4.69) is 14.9 Å². The van der Waals surface area contributed by atoms with E-state index in [1.165, 1.54) is 12.1 Å². The van der Waals surface area contributed by atoms with Gasteiger partial charge in [0, 0.05) is 22.1 Å². The summed E-state index contributed by atoms with van der Waals surface area (Å²) in [5, 5.41) is 7.47. The van der Waals surface area contributed by atoms with Crippen LogP contribution in [0.25, 0.3) is 0 Å². The first-order chi connectivity index (χ1) is 13.1. The van der Waals surface area contributed by atoms with Crippen LogP contribution in [0.2, 0.25) is 5.02 Å². The number of nitrogens with zero attached hydrogens (tertiary/aromatic N) is 2. The van der Waals surface area contributed by atoms with Crippen LogP contribution in [0.3, 0.4) is 0 Å². The molecule has 0 aliphatic rings. The highest BCUT2D eigenvalue weighted by Crippen LogP contribution is 2.25. The van der Waals surface area contributed by atoms with Crippen LogP contribution in [0.5, 0.6) is 0 Å². The maximum Gasteiger partial charge on any atom is 0.284 e. The zero-order valence-corrected chi connectivity index (χ0v) is 17.3. The highest BCUT2D eigenvalue weighted by atomic mass is 35.5. The summed E-state index contributed by atoms with van der Waals surface area (Å²) in [7, 11) is -3.93. The Morgan fingerprint density at radius 3 is 2.29 bits per heavy atom. The van der Waals surface area contributed by atoms with Crippen molar-refractivity contribution in [2.24, 2.45) is 4.40 Å². The molecular formula is C20H20ClN3O3S. The molecule has 0 aliphatic heterocycles. The van der Waals surface area contributed by atoms with Gasteiger partial charge in [-0.2, -0.15) is 8.42 Å². The van der Waals surface area contributed by atoms with Gasteiger partial charge >= 0.3 is 0 Å². The molecule has 0 unspecified atom stereocenters. The lowest BCUT2D eigenvalue weighted by atomic mass is 9.93. The number of rotatable bonds is 4. The second-order valence-electron chi connectivity index (χ2n) is 7.19. The smallest absolute Gasteiger partial charge is 0.284 e. The Labute approximate surface area is 169 Å². The van der Waals surface area contributed by atoms with Crippen LogP contribution in [0.1, 0.15) is 32.1 Å². The molecule has 2 aromatic carbocycles. The Morgan fingerprint density at radius 1 is 1.07 bits per heavy atom. The van der Waals surface area contributed by atoms with Gasteiger partial charge in [-0.3, -0.25) is 0 Å². The number of sulfonamides is 1. The Bertz CT molecular complexity index is 1080. The average Bonchev–Trinajstić information content (AvgIpc) is 3.11. The molecule has 1 N–H and O–H groups in total. The minimum Gasteiger partial charge on any atom is -0.359 e. The predicted molar refractivity (Wildman–Crippen MR) is 110 cm³/mol. The number of nitrogens with one attached hydrogen (secondary N) is 1. The second-order valence-corrected chi connectivity index (χ2v) is 9.23. The van der Waals surface area contributed by atoms with E-state index in [4.69, 9.17) is 16.1 Å². The van der Waals surface area contributed by atoms with E-state index < -0.39 is 10.0 Å².